The number of nitrogens with one attached hydrogen (secondary N) is 4. The van der Waals surface area contributed by atoms with Crippen molar-refractivity contribution in [2.75, 3.05) is 5.32 Å². The highest BCUT2D eigenvalue weighted by Crippen LogP contribution is 2.14. The summed E-state index contributed by atoms with van der Waals surface area (Å²) < 4.78 is 0. The first-order valence-electron chi connectivity index (χ1n) is 6.51. The molecule has 1 aromatic heterocycles. The monoisotopic (exact) mass is 282 g/mol. The summed E-state index contributed by atoms with van der Waals surface area (Å²) in [6.07, 6.45) is 0. The molecule has 0 atom stereocenters. The summed E-state index contributed by atoms with van der Waals surface area (Å²) in [5.41, 5.74) is 2.73. The number of carbonyl (C=O) groups excluding carboxylic acids is 1. The smallest absolute Gasteiger partial charge is 0.323 e. The van der Waals surface area contributed by atoms with Crippen molar-refractivity contribution in [3.63, 3.8) is 0 Å². The van der Waals surface area contributed by atoms with Crippen LogP contribution in [0, 0.1) is 0 Å². The molecule has 0 saturated carbocycles. The van der Waals surface area contributed by atoms with Crippen LogP contribution in [0.5, 0.6) is 0 Å². The van der Waals surface area contributed by atoms with Gasteiger partial charge < -0.3 is 20.6 Å². The first-order valence-corrected chi connectivity index (χ1v) is 6.51. The van der Waals surface area contributed by atoms with Gasteiger partial charge in [0.15, 0.2) is 0 Å². The van der Waals surface area contributed by atoms with Crippen molar-refractivity contribution in [3.05, 3.63) is 64.6 Å². The Bertz CT molecular complexity index is 820. The molecule has 0 bridgehead atoms. The number of aromatic nitrogens is 2. The number of hydrogen-bond donors (Lipinski definition) is 4. The molecule has 0 aliphatic rings. The van der Waals surface area contributed by atoms with Gasteiger partial charge in [0, 0.05) is 12.2 Å². The van der Waals surface area contributed by atoms with E-state index in [1.54, 1.807) is 18.2 Å². The number of fused-ring (bicyclic) bond motifs is 1. The van der Waals surface area contributed by atoms with Gasteiger partial charge in [-0.2, -0.15) is 0 Å². The molecule has 2 amide bonds. The minimum atomic E-state index is -0.295. The van der Waals surface area contributed by atoms with E-state index in [1.165, 1.54) is 0 Å². The van der Waals surface area contributed by atoms with Crippen LogP contribution in [0.25, 0.3) is 11.0 Å². The maximum absolute atomic E-state index is 11.8. The molecule has 3 aromatic rings. The molecule has 6 nitrogen and oxygen atoms in total. The number of carbonyl (C=O) groups is 1. The van der Waals surface area contributed by atoms with Crippen molar-refractivity contribution in [1.29, 1.82) is 0 Å². The second-order valence-corrected chi connectivity index (χ2v) is 4.63. The normalized spacial score (nSPS) is 10.5. The van der Waals surface area contributed by atoms with Gasteiger partial charge in [0.2, 0.25) is 0 Å². The molecule has 1 heterocycles. The van der Waals surface area contributed by atoms with Crippen LogP contribution in [-0.2, 0) is 6.54 Å². The van der Waals surface area contributed by atoms with Crippen LogP contribution in [0.4, 0.5) is 10.5 Å². The molecule has 0 fully saturated rings. The number of H-pyrrole nitrogens is 2. The lowest BCUT2D eigenvalue weighted by Crippen LogP contribution is -2.28. The third-order valence-corrected chi connectivity index (χ3v) is 3.07. The van der Waals surface area contributed by atoms with E-state index in [2.05, 4.69) is 20.6 Å². The fourth-order valence-electron chi connectivity index (χ4n) is 2.06. The number of amides is 2. The minimum Gasteiger partial charge on any atom is -0.334 e. The van der Waals surface area contributed by atoms with Crippen LogP contribution in [0.3, 0.4) is 0 Å². The highest BCUT2D eigenvalue weighted by atomic mass is 16.2. The molecule has 4 N–H and O–H groups in total. The van der Waals surface area contributed by atoms with Crippen molar-refractivity contribution in [2.45, 2.75) is 6.54 Å². The zero-order chi connectivity index (χ0) is 14.7. The summed E-state index contributed by atoms with van der Waals surface area (Å²) in [5.74, 6) is 0. The van der Waals surface area contributed by atoms with Crippen molar-refractivity contribution in [2.24, 2.45) is 0 Å². The summed E-state index contributed by atoms with van der Waals surface area (Å²) in [4.78, 5) is 28.3. The molecule has 21 heavy (non-hydrogen) atoms. The van der Waals surface area contributed by atoms with E-state index in [0.29, 0.717) is 23.3 Å². The van der Waals surface area contributed by atoms with Gasteiger partial charge in [-0.05, 0) is 23.8 Å². The number of imidazole rings is 1. The fourth-order valence-corrected chi connectivity index (χ4v) is 2.06. The maximum Gasteiger partial charge on any atom is 0.323 e. The highest BCUT2D eigenvalue weighted by molar-refractivity contribution is 5.91. The van der Waals surface area contributed by atoms with E-state index < -0.39 is 0 Å². The summed E-state index contributed by atoms with van der Waals surface area (Å²) in [7, 11) is 0. The van der Waals surface area contributed by atoms with Crippen LogP contribution < -0.4 is 16.3 Å². The summed E-state index contributed by atoms with van der Waals surface area (Å²) in [6.45, 7) is 0.454. The Morgan fingerprint density at radius 2 is 1.76 bits per heavy atom. The Labute approximate surface area is 120 Å². The van der Waals surface area contributed by atoms with Gasteiger partial charge in [-0.15, -0.1) is 0 Å². The summed E-state index contributed by atoms with van der Waals surface area (Å²) in [5, 5.41) is 5.50. The molecule has 2 aromatic carbocycles. The van der Waals surface area contributed by atoms with Crippen LogP contribution in [0.15, 0.2) is 53.3 Å². The third-order valence-electron chi connectivity index (χ3n) is 3.07. The number of hydrogen-bond acceptors (Lipinski definition) is 2. The Balaban J connectivity index is 1.64. The SMILES string of the molecule is O=C(NCc1ccccc1)Nc1ccc2[nH]c(=O)[nH]c2c1. The van der Waals surface area contributed by atoms with E-state index >= 15 is 0 Å². The number of rotatable bonds is 3. The van der Waals surface area contributed by atoms with Gasteiger partial charge >= 0.3 is 11.7 Å². The molecule has 0 spiro atoms. The van der Waals surface area contributed by atoms with Crippen LogP contribution >= 0.6 is 0 Å². The molecule has 6 heteroatoms. The molecule has 0 aliphatic carbocycles. The quantitative estimate of drug-likeness (QED) is 0.593. The maximum atomic E-state index is 11.8. The number of urea groups is 1. The first-order chi connectivity index (χ1) is 10.2. The Kier molecular flexibility index (Phi) is 3.42. The molecular formula is C15H14N4O2. The zero-order valence-electron chi connectivity index (χ0n) is 11.1. The van der Waals surface area contributed by atoms with Crippen LogP contribution in [0.2, 0.25) is 0 Å². The van der Waals surface area contributed by atoms with E-state index in [-0.39, 0.29) is 11.7 Å². The summed E-state index contributed by atoms with van der Waals surface area (Å²) in [6, 6.07) is 14.5. The second kappa shape index (κ2) is 5.54. The van der Waals surface area contributed by atoms with Gasteiger partial charge in [-0.25, -0.2) is 9.59 Å². The molecule has 0 unspecified atom stereocenters. The average molecular weight is 282 g/mol. The summed E-state index contributed by atoms with van der Waals surface area (Å²) >= 11 is 0. The van der Waals surface area contributed by atoms with Crippen molar-refractivity contribution in [1.82, 2.24) is 15.3 Å². The molecule has 3 rings (SSSR count). The predicted octanol–water partition coefficient (Wildman–Crippen LogP) is 2.18. The topological polar surface area (TPSA) is 89.8 Å². The number of benzene rings is 2. The van der Waals surface area contributed by atoms with Crippen LogP contribution in [-0.4, -0.2) is 16.0 Å². The third kappa shape index (κ3) is 3.11. The largest absolute Gasteiger partial charge is 0.334 e. The molecule has 0 aliphatic heterocycles. The van der Waals surface area contributed by atoms with Crippen molar-refractivity contribution in [3.8, 4) is 0 Å². The molecular weight excluding hydrogens is 268 g/mol. The van der Waals surface area contributed by atoms with E-state index in [0.717, 1.165) is 5.56 Å². The minimum absolute atomic E-state index is 0.268. The van der Waals surface area contributed by atoms with Gasteiger partial charge in [0.1, 0.15) is 0 Å². The Hall–Kier alpha value is -3.02. The highest BCUT2D eigenvalue weighted by Gasteiger charge is 2.04. The lowest BCUT2D eigenvalue weighted by atomic mass is 10.2. The Morgan fingerprint density at radius 3 is 2.57 bits per heavy atom. The van der Waals surface area contributed by atoms with Gasteiger partial charge in [-0.1, -0.05) is 30.3 Å². The van der Waals surface area contributed by atoms with Crippen molar-refractivity contribution < 1.29 is 4.79 Å². The van der Waals surface area contributed by atoms with Crippen LogP contribution in [0.1, 0.15) is 5.56 Å². The lowest BCUT2D eigenvalue weighted by molar-refractivity contribution is 0.251. The Morgan fingerprint density at radius 1 is 1.00 bits per heavy atom. The number of anilines is 1. The average Bonchev–Trinajstić information content (AvgIpc) is 2.85. The first kappa shape index (κ1) is 13.0. The molecule has 106 valence electrons. The number of aromatic amines is 2. The molecule has 0 radical (unpaired) electrons. The van der Waals surface area contributed by atoms with E-state index in [1.807, 2.05) is 30.3 Å². The lowest BCUT2D eigenvalue weighted by Gasteiger charge is -2.07. The fraction of sp³-hybridized carbons (Fsp3) is 0.0667. The van der Waals surface area contributed by atoms with Gasteiger partial charge in [0.05, 0.1) is 11.0 Å². The predicted molar refractivity (Wildman–Crippen MR) is 81.2 cm³/mol. The van der Waals surface area contributed by atoms with Gasteiger partial charge in [0.25, 0.3) is 0 Å². The van der Waals surface area contributed by atoms with Gasteiger partial charge in [-0.3, -0.25) is 0 Å². The molecule has 0 saturated heterocycles. The van der Waals surface area contributed by atoms with Crippen molar-refractivity contribution >= 4 is 22.8 Å². The van der Waals surface area contributed by atoms with E-state index in [4.69, 9.17) is 0 Å². The zero-order valence-corrected chi connectivity index (χ0v) is 11.1. The second-order valence-electron chi connectivity index (χ2n) is 4.63. The standard InChI is InChI=1S/C15H14N4O2/c20-14(16-9-10-4-2-1-3-5-10)17-11-6-7-12-13(8-11)19-15(21)18-12/h1-8H,9H2,(H2,16,17,20)(H2,18,19,21). The van der Waals surface area contributed by atoms with E-state index in [9.17, 15) is 9.59 Å².